The van der Waals surface area contributed by atoms with Crippen LogP contribution in [0.1, 0.15) is 64.0 Å². The Morgan fingerprint density at radius 2 is 1.96 bits per heavy atom. The van der Waals surface area contributed by atoms with Gasteiger partial charge in [-0.15, -0.1) is 11.3 Å². The second kappa shape index (κ2) is 16.5. The number of carbonyl (C=O) groups is 2. The molecule has 3 aliphatic rings. The number of hydrogen-bond donors (Lipinski definition) is 3. The molecule has 1 aromatic carbocycles. The van der Waals surface area contributed by atoms with Gasteiger partial charge < -0.3 is 25.6 Å². The Morgan fingerprint density at radius 3 is 2.80 bits per heavy atom. The first-order chi connectivity index (χ1) is 23.9. The molecule has 3 amide bonds. The largest absolute Gasteiger partial charge is 0.497 e. The number of urea groups is 1. The number of hydrogen-bond acceptors (Lipinski definition) is 8. The molecule has 3 atom stereocenters. The standard InChI is InChI=1S/C36H46N6O4S3/c1-4-42-31(49-33(34(42)44)35-40(2)27-17-16-25(46-3)22-29(27)48-35)21-24-13-9-12-20-41(24)19-11-6-5-10-18-37-30(43)15-8-7-14-28-32-26(23-47-28)38-36(45)39-32/h9,12-13,16-17,20-22,26,28,32H,4-8,10-11,14-15,18-19,23H2,1-3H3,(H2-,37,38,39,43,45)/p+1/b35-33+/t26-,28-,32-/m0/s1. The molecule has 2 fully saturated rings. The number of aryl methyl sites for hydroxylation is 1. The minimum atomic E-state index is -0.0461. The quantitative estimate of drug-likeness (QED) is 0.125. The van der Waals surface area contributed by atoms with Gasteiger partial charge >= 0.3 is 6.03 Å². The number of thioether (sulfide) groups is 2. The molecule has 0 aliphatic carbocycles. The molecule has 3 aliphatic heterocycles. The Bertz CT molecular complexity index is 1840. The first-order valence-corrected chi connectivity index (χ1v) is 20.0. The number of methoxy groups -OCH3 is 1. The van der Waals surface area contributed by atoms with Gasteiger partial charge in [-0.2, -0.15) is 16.3 Å². The van der Waals surface area contributed by atoms with E-state index in [-0.39, 0.29) is 29.6 Å². The molecule has 0 bridgehead atoms. The van der Waals surface area contributed by atoms with Crippen molar-refractivity contribution in [2.45, 2.75) is 93.6 Å². The van der Waals surface area contributed by atoms with Crippen LogP contribution in [0.15, 0.2) is 52.3 Å². The van der Waals surface area contributed by atoms with Crippen molar-refractivity contribution in [3.8, 4) is 5.75 Å². The Labute approximate surface area is 300 Å². The molecule has 3 N–H and O–H groups in total. The number of benzene rings is 1. The van der Waals surface area contributed by atoms with Gasteiger partial charge in [-0.25, -0.2) is 4.79 Å². The number of ether oxygens (including phenoxy) is 1. The zero-order valence-corrected chi connectivity index (χ0v) is 31.0. The molecule has 5 heterocycles. The fraction of sp³-hybridized carbons (Fsp3) is 0.500. The van der Waals surface area contributed by atoms with Crippen molar-refractivity contribution in [2.24, 2.45) is 0 Å². The summed E-state index contributed by atoms with van der Waals surface area (Å²) >= 11 is 5.09. The summed E-state index contributed by atoms with van der Waals surface area (Å²) in [4.78, 5) is 40.7. The predicted octanol–water partition coefficient (Wildman–Crippen LogP) is 3.76. The van der Waals surface area contributed by atoms with Crippen LogP contribution in [0, 0.1) is 0 Å². The maximum absolute atomic E-state index is 13.6. The van der Waals surface area contributed by atoms with Gasteiger partial charge in [0.05, 0.1) is 24.9 Å². The minimum Gasteiger partial charge on any atom is -0.497 e. The summed E-state index contributed by atoms with van der Waals surface area (Å²) in [6, 6.07) is 12.7. The molecule has 6 rings (SSSR count). The van der Waals surface area contributed by atoms with E-state index in [2.05, 4.69) is 49.8 Å². The molecule has 13 heteroatoms. The normalized spacial score (nSPS) is 21.0. The van der Waals surface area contributed by atoms with Gasteiger partial charge in [0.1, 0.15) is 26.5 Å². The van der Waals surface area contributed by atoms with Gasteiger partial charge in [0, 0.05) is 67.1 Å². The number of anilines is 1. The molecule has 2 aromatic heterocycles. The third kappa shape index (κ3) is 8.32. The van der Waals surface area contributed by atoms with Crippen molar-refractivity contribution in [1.29, 1.82) is 0 Å². The molecule has 0 unspecified atom stereocenters. The summed E-state index contributed by atoms with van der Waals surface area (Å²) in [5.74, 6) is 1.92. The van der Waals surface area contributed by atoms with Gasteiger partial charge in [0.15, 0.2) is 6.20 Å². The molecule has 10 nitrogen and oxygen atoms in total. The van der Waals surface area contributed by atoms with E-state index in [0.29, 0.717) is 18.2 Å². The van der Waals surface area contributed by atoms with E-state index in [1.54, 1.807) is 30.2 Å². The summed E-state index contributed by atoms with van der Waals surface area (Å²) in [5.41, 5.74) is 2.20. The van der Waals surface area contributed by atoms with Crippen molar-refractivity contribution < 1.29 is 18.9 Å². The van der Waals surface area contributed by atoms with Gasteiger partial charge in [-0.05, 0) is 56.9 Å². The summed E-state index contributed by atoms with van der Waals surface area (Å²) < 4.78 is 11.2. The van der Waals surface area contributed by atoms with E-state index < -0.39 is 0 Å². The van der Waals surface area contributed by atoms with E-state index in [1.165, 1.54) is 0 Å². The fourth-order valence-corrected chi connectivity index (χ4v) is 10.8. The highest BCUT2D eigenvalue weighted by Crippen LogP contribution is 2.46. The lowest BCUT2D eigenvalue weighted by Gasteiger charge is -2.16. The van der Waals surface area contributed by atoms with Crippen LogP contribution in [0.5, 0.6) is 5.75 Å². The van der Waals surface area contributed by atoms with E-state index >= 15 is 0 Å². The molecule has 3 aromatic rings. The first-order valence-electron chi connectivity index (χ1n) is 17.4. The molecule has 49 heavy (non-hydrogen) atoms. The zero-order chi connectivity index (χ0) is 34.3. The number of aromatic nitrogens is 2. The highest BCUT2D eigenvalue weighted by atomic mass is 32.2. The summed E-state index contributed by atoms with van der Waals surface area (Å²) in [7, 11) is 3.69. The molecule has 262 valence electrons. The van der Waals surface area contributed by atoms with Crippen LogP contribution in [0.2, 0.25) is 0 Å². The lowest BCUT2D eigenvalue weighted by Crippen LogP contribution is -2.38. The van der Waals surface area contributed by atoms with Crippen molar-refractivity contribution in [3.05, 3.63) is 67.8 Å². The number of fused-ring (bicyclic) bond motifs is 2. The lowest BCUT2D eigenvalue weighted by molar-refractivity contribution is -0.699. The van der Waals surface area contributed by atoms with Crippen LogP contribution >= 0.6 is 34.9 Å². The van der Waals surface area contributed by atoms with Crippen LogP contribution in [-0.2, 0) is 17.9 Å². The van der Waals surface area contributed by atoms with Crippen LogP contribution in [0.3, 0.4) is 0 Å². The molecular formula is C36H47N6O4S3+. The first kappa shape index (κ1) is 35.4. The molecule has 0 saturated carbocycles. The molecular weight excluding hydrogens is 677 g/mol. The van der Waals surface area contributed by atoms with E-state index in [1.807, 2.05) is 54.6 Å². The smallest absolute Gasteiger partial charge is 0.315 e. The second-order valence-electron chi connectivity index (χ2n) is 12.7. The highest BCUT2D eigenvalue weighted by molar-refractivity contribution is 8.08. The SMILES string of the molecule is CCn1c(=O)/c(=C2\Sc3cc(OC)ccc3N2C)s/c1=C\c1cccc[n+]1CCCCCCNC(=O)CCCC[C@@H]1SC[C@@H]2NC(=O)N[C@@H]21. The van der Waals surface area contributed by atoms with Crippen LogP contribution < -0.4 is 44.9 Å². The summed E-state index contributed by atoms with van der Waals surface area (Å²) in [5, 5.41) is 10.5. The maximum atomic E-state index is 13.6. The van der Waals surface area contributed by atoms with Crippen LogP contribution in [-0.4, -0.2) is 60.3 Å². The molecule has 0 spiro atoms. The highest BCUT2D eigenvalue weighted by Gasteiger charge is 2.42. The third-order valence-corrected chi connectivity index (χ3v) is 13.4. The molecule has 0 radical (unpaired) electrons. The summed E-state index contributed by atoms with van der Waals surface area (Å²) in [6.45, 7) is 4.23. The number of rotatable bonds is 15. The Hall–Kier alpha value is -3.42. The van der Waals surface area contributed by atoms with Crippen molar-refractivity contribution in [3.63, 3.8) is 0 Å². The Morgan fingerprint density at radius 1 is 1.10 bits per heavy atom. The lowest BCUT2D eigenvalue weighted by atomic mass is 10.0. The van der Waals surface area contributed by atoms with Gasteiger partial charge in [0.2, 0.25) is 11.6 Å². The fourth-order valence-electron chi connectivity index (χ4n) is 6.73. The predicted molar refractivity (Wildman–Crippen MR) is 200 cm³/mol. The van der Waals surface area contributed by atoms with Gasteiger partial charge in [-0.1, -0.05) is 24.6 Å². The van der Waals surface area contributed by atoms with Crippen LogP contribution in [0.25, 0.3) is 11.1 Å². The summed E-state index contributed by atoms with van der Waals surface area (Å²) in [6.07, 6.45) is 11.9. The average Bonchev–Trinajstić information content (AvgIpc) is 3.84. The maximum Gasteiger partial charge on any atom is 0.315 e. The van der Waals surface area contributed by atoms with Gasteiger partial charge in [0.25, 0.3) is 5.56 Å². The number of nitrogens with zero attached hydrogens (tertiary/aromatic N) is 3. The zero-order valence-electron chi connectivity index (χ0n) is 28.5. The third-order valence-electron chi connectivity index (χ3n) is 9.44. The number of carbonyl (C=O) groups excluding carboxylic acids is 2. The van der Waals surface area contributed by atoms with Crippen LogP contribution in [0.4, 0.5) is 10.5 Å². The average molecular weight is 724 g/mol. The minimum absolute atomic E-state index is 0.0432. The monoisotopic (exact) mass is 723 g/mol. The van der Waals surface area contributed by atoms with Crippen molar-refractivity contribution in [2.75, 3.05) is 31.4 Å². The van der Waals surface area contributed by atoms with Crippen molar-refractivity contribution in [1.82, 2.24) is 20.5 Å². The number of pyridine rings is 1. The molecule has 2 saturated heterocycles. The second-order valence-corrected chi connectivity index (χ2v) is 16.0. The Kier molecular flexibility index (Phi) is 11.9. The number of nitrogens with one attached hydrogen (secondary N) is 3. The number of unbranched alkanes of at least 4 members (excludes halogenated alkanes) is 4. The topological polar surface area (TPSA) is 109 Å². The van der Waals surface area contributed by atoms with E-state index in [9.17, 15) is 14.4 Å². The van der Waals surface area contributed by atoms with Gasteiger partial charge in [-0.3, -0.25) is 14.2 Å². The van der Waals surface area contributed by atoms with Crippen molar-refractivity contribution >= 4 is 63.6 Å². The Balaban J connectivity index is 0.962. The van der Waals surface area contributed by atoms with E-state index in [4.69, 9.17) is 4.74 Å². The number of thiazole rings is 1. The number of amides is 3. The van der Waals surface area contributed by atoms with E-state index in [0.717, 1.165) is 100 Å².